The van der Waals surface area contributed by atoms with E-state index in [1.807, 2.05) is 19.1 Å². The average Bonchev–Trinajstić information content (AvgIpc) is 2.95. The highest BCUT2D eigenvalue weighted by Crippen LogP contribution is 2.31. The number of nitrogens with zero attached hydrogens (tertiary/aromatic N) is 1. The van der Waals surface area contributed by atoms with Crippen LogP contribution < -0.4 is 14.8 Å². The summed E-state index contributed by atoms with van der Waals surface area (Å²) >= 11 is 0. The van der Waals surface area contributed by atoms with E-state index in [1.165, 1.54) is 4.90 Å². The van der Waals surface area contributed by atoms with E-state index in [0.717, 1.165) is 11.1 Å². The molecule has 1 saturated heterocycles. The molecule has 1 N–H and O–H groups in total. The molecule has 1 aliphatic rings. The number of methoxy groups -OCH3 is 2. The van der Waals surface area contributed by atoms with Crippen LogP contribution in [0.5, 0.6) is 11.5 Å². The lowest BCUT2D eigenvalue weighted by molar-refractivity contribution is -0.142. The first-order valence-electron chi connectivity index (χ1n) is 7.28. The van der Waals surface area contributed by atoms with E-state index >= 15 is 0 Å². The molecule has 6 heteroatoms. The van der Waals surface area contributed by atoms with Crippen molar-refractivity contribution in [3.8, 4) is 11.5 Å². The summed E-state index contributed by atoms with van der Waals surface area (Å²) in [6.07, 6.45) is 0.223. The fourth-order valence-corrected chi connectivity index (χ4v) is 2.71. The van der Waals surface area contributed by atoms with Gasteiger partial charge in [0.15, 0.2) is 11.5 Å². The van der Waals surface area contributed by atoms with Crippen LogP contribution in [0.2, 0.25) is 0 Å². The molecule has 1 aromatic rings. The van der Waals surface area contributed by atoms with E-state index in [2.05, 4.69) is 5.32 Å². The molecule has 0 aliphatic carbocycles. The van der Waals surface area contributed by atoms with Gasteiger partial charge in [0.05, 0.1) is 14.2 Å². The zero-order valence-electron chi connectivity index (χ0n) is 13.5. The Morgan fingerprint density at radius 1 is 1.36 bits per heavy atom. The minimum atomic E-state index is -1.79. The maximum Gasteiger partial charge on any atom is 0.261 e. The lowest BCUT2D eigenvalue weighted by Crippen LogP contribution is -2.45. The van der Waals surface area contributed by atoms with Gasteiger partial charge in [-0.05, 0) is 36.7 Å². The number of hydrogen-bond acceptors (Lipinski definition) is 4. The van der Waals surface area contributed by atoms with Crippen molar-refractivity contribution >= 4 is 5.91 Å². The summed E-state index contributed by atoms with van der Waals surface area (Å²) in [5, 5.41) is 2.90. The predicted molar refractivity (Wildman–Crippen MR) is 82.1 cm³/mol. The number of nitrogens with one attached hydrogen (secondary N) is 1. The Labute approximate surface area is 130 Å². The highest BCUT2D eigenvalue weighted by Gasteiger charge is 2.43. The molecular weight excluding hydrogens is 287 g/mol. The second-order valence-corrected chi connectivity index (χ2v) is 5.69. The Hall–Kier alpha value is -1.82. The van der Waals surface area contributed by atoms with E-state index in [4.69, 9.17) is 9.47 Å². The molecule has 22 heavy (non-hydrogen) atoms. The number of carbonyl (C=O) groups is 1. The molecule has 1 aromatic carbocycles. The van der Waals surface area contributed by atoms with Crippen LogP contribution in [0, 0.1) is 6.92 Å². The molecule has 1 fully saturated rings. The van der Waals surface area contributed by atoms with Gasteiger partial charge in [-0.1, -0.05) is 0 Å². The largest absolute Gasteiger partial charge is 0.493 e. The molecule has 2 rings (SSSR count). The molecular formula is C16H23FN2O3. The number of halogens is 1. The van der Waals surface area contributed by atoms with Crippen molar-refractivity contribution in [3.05, 3.63) is 23.3 Å². The number of amides is 1. The predicted octanol–water partition coefficient (Wildman–Crippen LogP) is 1.67. The number of ether oxygens (including phenoxy) is 2. The molecule has 1 heterocycles. The lowest BCUT2D eigenvalue weighted by Gasteiger charge is -2.26. The summed E-state index contributed by atoms with van der Waals surface area (Å²) in [5.74, 6) is 0.757. The van der Waals surface area contributed by atoms with Gasteiger partial charge in [-0.15, -0.1) is 0 Å². The third kappa shape index (κ3) is 3.16. The number of alkyl halides is 1. The van der Waals surface area contributed by atoms with Crippen LogP contribution in [0.1, 0.15) is 17.5 Å². The van der Waals surface area contributed by atoms with Gasteiger partial charge in [-0.25, -0.2) is 4.39 Å². The number of hydrogen-bond donors (Lipinski definition) is 1. The zero-order valence-corrected chi connectivity index (χ0v) is 13.5. The summed E-state index contributed by atoms with van der Waals surface area (Å²) in [7, 11) is 4.76. The molecule has 122 valence electrons. The van der Waals surface area contributed by atoms with Gasteiger partial charge in [0, 0.05) is 26.6 Å². The topological polar surface area (TPSA) is 50.8 Å². The molecule has 0 saturated carbocycles. The van der Waals surface area contributed by atoms with Crippen LogP contribution in [0.4, 0.5) is 4.39 Å². The first-order valence-corrected chi connectivity index (χ1v) is 7.28. The van der Waals surface area contributed by atoms with Crippen LogP contribution in [0.25, 0.3) is 0 Å². The molecule has 0 radical (unpaired) electrons. The minimum Gasteiger partial charge on any atom is -0.493 e. The molecule has 1 atom stereocenters. The van der Waals surface area contributed by atoms with Crippen molar-refractivity contribution in [1.82, 2.24) is 10.2 Å². The van der Waals surface area contributed by atoms with Crippen molar-refractivity contribution in [2.45, 2.75) is 25.6 Å². The number of rotatable bonds is 5. The quantitative estimate of drug-likeness (QED) is 0.899. The van der Waals surface area contributed by atoms with Crippen LogP contribution in [0.3, 0.4) is 0 Å². The third-order valence-corrected chi connectivity index (χ3v) is 4.08. The average molecular weight is 310 g/mol. The summed E-state index contributed by atoms with van der Waals surface area (Å²) in [4.78, 5) is 13.7. The molecule has 1 unspecified atom stereocenters. The van der Waals surface area contributed by atoms with Crippen molar-refractivity contribution in [3.63, 3.8) is 0 Å². The van der Waals surface area contributed by atoms with Crippen molar-refractivity contribution in [2.24, 2.45) is 0 Å². The molecule has 0 aromatic heterocycles. The standard InChI is InChI=1S/C16H23FN2O3/c1-11-7-13(21-3)14(22-4)8-12(11)9-19(2)15(20)16(17)5-6-18-10-16/h7-8,18H,5-6,9-10H2,1-4H3. The van der Waals surface area contributed by atoms with Gasteiger partial charge in [0.2, 0.25) is 5.67 Å². The normalized spacial score (nSPS) is 20.8. The van der Waals surface area contributed by atoms with E-state index < -0.39 is 11.6 Å². The Bertz CT molecular complexity index is 557. The fourth-order valence-electron chi connectivity index (χ4n) is 2.71. The fraction of sp³-hybridized carbons (Fsp3) is 0.562. The number of benzene rings is 1. The number of carbonyl (C=O) groups excluding carboxylic acids is 1. The first kappa shape index (κ1) is 16.5. The van der Waals surface area contributed by atoms with E-state index in [0.29, 0.717) is 24.6 Å². The van der Waals surface area contributed by atoms with Crippen LogP contribution in [-0.4, -0.2) is 50.8 Å². The summed E-state index contributed by atoms with van der Waals surface area (Å²) < 4.78 is 25.1. The van der Waals surface area contributed by atoms with Gasteiger partial charge in [-0.3, -0.25) is 4.79 Å². The van der Waals surface area contributed by atoms with E-state index in [-0.39, 0.29) is 13.0 Å². The SMILES string of the molecule is COc1cc(C)c(CN(C)C(=O)C2(F)CCNC2)cc1OC. The minimum absolute atomic E-state index is 0.0844. The molecule has 0 bridgehead atoms. The van der Waals surface area contributed by atoms with Gasteiger partial charge in [0.25, 0.3) is 5.91 Å². The van der Waals surface area contributed by atoms with Gasteiger partial charge >= 0.3 is 0 Å². The third-order valence-electron chi connectivity index (χ3n) is 4.08. The monoisotopic (exact) mass is 310 g/mol. The smallest absolute Gasteiger partial charge is 0.261 e. The van der Waals surface area contributed by atoms with Crippen molar-refractivity contribution in [2.75, 3.05) is 34.4 Å². The molecule has 1 aliphatic heterocycles. The highest BCUT2D eigenvalue weighted by atomic mass is 19.1. The van der Waals surface area contributed by atoms with Gasteiger partial charge in [-0.2, -0.15) is 0 Å². The van der Waals surface area contributed by atoms with E-state index in [1.54, 1.807) is 21.3 Å². The number of aryl methyl sites for hydroxylation is 1. The Balaban J connectivity index is 2.17. The van der Waals surface area contributed by atoms with Crippen LogP contribution in [0.15, 0.2) is 12.1 Å². The Morgan fingerprint density at radius 2 is 2.00 bits per heavy atom. The van der Waals surface area contributed by atoms with Gasteiger partial charge in [0.1, 0.15) is 0 Å². The molecule has 1 amide bonds. The highest BCUT2D eigenvalue weighted by molar-refractivity contribution is 5.85. The second-order valence-electron chi connectivity index (χ2n) is 5.69. The maximum absolute atomic E-state index is 14.5. The summed E-state index contributed by atoms with van der Waals surface area (Å²) in [5.41, 5.74) is 0.0805. The van der Waals surface area contributed by atoms with Crippen LogP contribution in [-0.2, 0) is 11.3 Å². The lowest BCUT2D eigenvalue weighted by atomic mass is 10.0. The van der Waals surface area contributed by atoms with E-state index in [9.17, 15) is 9.18 Å². The molecule has 0 spiro atoms. The first-order chi connectivity index (χ1) is 10.4. The summed E-state index contributed by atoms with van der Waals surface area (Å²) in [6, 6.07) is 3.69. The second kappa shape index (κ2) is 6.52. The van der Waals surface area contributed by atoms with Crippen LogP contribution >= 0.6 is 0 Å². The summed E-state index contributed by atoms with van der Waals surface area (Å²) in [6.45, 7) is 2.88. The van der Waals surface area contributed by atoms with Gasteiger partial charge < -0.3 is 19.7 Å². The Morgan fingerprint density at radius 3 is 2.55 bits per heavy atom. The molecule has 5 nitrogen and oxygen atoms in total. The van der Waals surface area contributed by atoms with Crippen molar-refractivity contribution in [1.29, 1.82) is 0 Å². The maximum atomic E-state index is 14.5. The Kier molecular flexibility index (Phi) is 4.90. The zero-order chi connectivity index (χ0) is 16.3. The van der Waals surface area contributed by atoms with Crippen molar-refractivity contribution < 1.29 is 18.7 Å².